The summed E-state index contributed by atoms with van der Waals surface area (Å²) in [7, 11) is 0. The number of hydrogen-bond donors (Lipinski definition) is 1. The van der Waals surface area contributed by atoms with Crippen molar-refractivity contribution in [2.24, 2.45) is 0 Å². The Morgan fingerprint density at radius 3 is 3.00 bits per heavy atom. The molecule has 0 spiro atoms. The van der Waals surface area contributed by atoms with Crippen LogP contribution in [0.5, 0.6) is 5.75 Å². The molecule has 3 aromatic rings. The van der Waals surface area contributed by atoms with Crippen molar-refractivity contribution in [3.05, 3.63) is 64.1 Å². The number of allylic oxidation sites excluding steroid dienone is 1. The first-order valence-corrected chi connectivity index (χ1v) is 7.43. The number of aromatic hydroxyl groups is 1. The van der Waals surface area contributed by atoms with E-state index in [-0.39, 0.29) is 11.5 Å². The topological polar surface area (TPSA) is 50.4 Å². The highest BCUT2D eigenvalue weighted by Crippen LogP contribution is 2.37. The first kappa shape index (κ1) is 13.6. The molecule has 0 saturated heterocycles. The maximum absolute atomic E-state index is 12.6. The van der Waals surface area contributed by atoms with Gasteiger partial charge in [-0.1, -0.05) is 12.1 Å². The second kappa shape index (κ2) is 5.22. The van der Waals surface area contributed by atoms with Gasteiger partial charge < -0.3 is 9.52 Å². The molecule has 0 radical (unpaired) electrons. The summed E-state index contributed by atoms with van der Waals surface area (Å²) in [6.45, 7) is 5.54. The second-order valence-electron chi connectivity index (χ2n) is 4.85. The van der Waals surface area contributed by atoms with Crippen LogP contribution < -0.4 is 0 Å². The Hall–Kier alpha value is -2.33. The van der Waals surface area contributed by atoms with Crippen molar-refractivity contribution in [1.82, 2.24) is 0 Å². The molecule has 0 amide bonds. The van der Waals surface area contributed by atoms with E-state index in [1.165, 1.54) is 11.3 Å². The highest BCUT2D eigenvalue weighted by atomic mass is 32.1. The van der Waals surface area contributed by atoms with Gasteiger partial charge in [-0.05, 0) is 42.0 Å². The predicted molar refractivity (Wildman–Crippen MR) is 84.3 cm³/mol. The third-order valence-corrected chi connectivity index (χ3v) is 4.30. The lowest BCUT2D eigenvalue weighted by molar-refractivity contribution is 0.104. The van der Waals surface area contributed by atoms with Crippen LogP contribution in [0, 0.1) is 6.92 Å². The number of carbonyl (C=O) groups is 1. The number of phenols is 1. The molecule has 0 aliphatic rings. The van der Waals surface area contributed by atoms with Crippen LogP contribution in [0.3, 0.4) is 0 Å². The molecule has 0 aliphatic heterocycles. The lowest BCUT2D eigenvalue weighted by Gasteiger charge is -2.08. The summed E-state index contributed by atoms with van der Waals surface area (Å²) in [6, 6.07) is 5.33. The van der Waals surface area contributed by atoms with Gasteiger partial charge in [-0.3, -0.25) is 4.79 Å². The van der Waals surface area contributed by atoms with Gasteiger partial charge in [0.25, 0.3) is 0 Å². The Labute approximate surface area is 126 Å². The Bertz CT molecular complexity index is 825. The number of hydrogen-bond acceptors (Lipinski definition) is 4. The largest absolute Gasteiger partial charge is 0.507 e. The molecule has 21 heavy (non-hydrogen) atoms. The van der Waals surface area contributed by atoms with Crippen LogP contribution in [-0.2, 0) is 6.42 Å². The fraction of sp³-hybridized carbons (Fsp3) is 0.118. The van der Waals surface area contributed by atoms with Crippen LogP contribution in [0.2, 0.25) is 0 Å². The third-order valence-electron chi connectivity index (χ3n) is 3.43. The highest BCUT2D eigenvalue weighted by molar-refractivity contribution is 7.12. The number of benzene rings is 1. The normalized spacial score (nSPS) is 10.9. The zero-order valence-electron chi connectivity index (χ0n) is 11.6. The number of furan rings is 1. The van der Waals surface area contributed by atoms with Crippen molar-refractivity contribution in [3.8, 4) is 5.75 Å². The number of rotatable bonds is 4. The van der Waals surface area contributed by atoms with E-state index in [0.29, 0.717) is 33.4 Å². The molecular weight excluding hydrogens is 284 g/mol. The van der Waals surface area contributed by atoms with Gasteiger partial charge >= 0.3 is 0 Å². The van der Waals surface area contributed by atoms with E-state index in [9.17, 15) is 9.90 Å². The number of fused-ring (bicyclic) bond motifs is 1. The van der Waals surface area contributed by atoms with Crippen LogP contribution in [0.1, 0.15) is 26.4 Å². The van der Waals surface area contributed by atoms with Crippen molar-refractivity contribution >= 4 is 28.1 Å². The minimum atomic E-state index is -0.0883. The molecule has 1 N–H and O–H groups in total. The monoisotopic (exact) mass is 298 g/mol. The molecule has 2 aromatic heterocycles. The molecular formula is C17H14O3S. The molecule has 106 valence electrons. The Morgan fingerprint density at radius 2 is 2.33 bits per heavy atom. The Balaban J connectivity index is 2.29. The van der Waals surface area contributed by atoms with Gasteiger partial charge in [-0.25, -0.2) is 0 Å². The number of aryl methyl sites for hydroxylation is 1. The Kier molecular flexibility index (Phi) is 3.39. The molecule has 4 heteroatoms. The first-order chi connectivity index (χ1) is 10.1. The third kappa shape index (κ3) is 2.17. The second-order valence-corrected chi connectivity index (χ2v) is 5.80. The van der Waals surface area contributed by atoms with Gasteiger partial charge in [-0.2, -0.15) is 0 Å². The fourth-order valence-corrected chi connectivity index (χ4v) is 3.10. The zero-order chi connectivity index (χ0) is 15.0. The SMILES string of the molecule is C=CCc1cc(C(=O)c2cccs2)c2occ(C)c2c1O. The lowest BCUT2D eigenvalue weighted by atomic mass is 9.98. The minimum Gasteiger partial charge on any atom is -0.507 e. The number of phenolic OH excluding ortho intramolecular Hbond substituents is 1. The van der Waals surface area contributed by atoms with E-state index in [4.69, 9.17) is 4.42 Å². The van der Waals surface area contributed by atoms with Crippen molar-refractivity contribution < 1.29 is 14.3 Å². The maximum atomic E-state index is 12.6. The summed E-state index contributed by atoms with van der Waals surface area (Å²) in [6.07, 6.45) is 3.76. The molecule has 0 bridgehead atoms. The summed E-state index contributed by atoms with van der Waals surface area (Å²) in [5.41, 5.74) is 2.42. The standard InChI is InChI=1S/C17H14O3S/c1-3-5-11-8-12(16(19)13-6-4-7-21-13)17-14(15(11)18)10(2)9-20-17/h3-4,6-9,18H,1,5H2,2H3. The zero-order valence-corrected chi connectivity index (χ0v) is 12.4. The van der Waals surface area contributed by atoms with Crippen molar-refractivity contribution in [1.29, 1.82) is 0 Å². The lowest BCUT2D eigenvalue weighted by Crippen LogP contribution is -2.01. The predicted octanol–water partition coefficient (Wildman–Crippen LogP) is 4.47. The van der Waals surface area contributed by atoms with Gasteiger partial charge in [0.15, 0.2) is 0 Å². The summed E-state index contributed by atoms with van der Waals surface area (Å²) < 4.78 is 5.51. The summed E-state index contributed by atoms with van der Waals surface area (Å²) >= 11 is 1.39. The quantitative estimate of drug-likeness (QED) is 0.571. The van der Waals surface area contributed by atoms with Gasteiger partial charge in [0.05, 0.1) is 22.1 Å². The molecule has 2 heterocycles. The van der Waals surface area contributed by atoms with E-state index < -0.39 is 0 Å². The van der Waals surface area contributed by atoms with E-state index in [1.54, 1.807) is 24.5 Å². The van der Waals surface area contributed by atoms with Crippen molar-refractivity contribution in [3.63, 3.8) is 0 Å². The smallest absolute Gasteiger partial charge is 0.206 e. The van der Waals surface area contributed by atoms with Crippen molar-refractivity contribution in [2.75, 3.05) is 0 Å². The van der Waals surface area contributed by atoms with Crippen LogP contribution in [0.25, 0.3) is 11.0 Å². The van der Waals surface area contributed by atoms with Gasteiger partial charge in [0.2, 0.25) is 5.78 Å². The van der Waals surface area contributed by atoms with Crippen molar-refractivity contribution in [2.45, 2.75) is 13.3 Å². The first-order valence-electron chi connectivity index (χ1n) is 6.55. The summed E-state index contributed by atoms with van der Waals surface area (Å²) in [5.74, 6) is 0.0774. The minimum absolute atomic E-state index is 0.0883. The molecule has 3 nitrogen and oxygen atoms in total. The number of ketones is 1. The molecule has 0 unspecified atom stereocenters. The van der Waals surface area contributed by atoms with Crippen LogP contribution >= 0.6 is 11.3 Å². The summed E-state index contributed by atoms with van der Waals surface area (Å²) in [5, 5.41) is 12.8. The summed E-state index contributed by atoms with van der Waals surface area (Å²) in [4.78, 5) is 13.3. The van der Waals surface area contributed by atoms with Gasteiger partial charge in [0, 0.05) is 0 Å². The molecule has 0 atom stereocenters. The van der Waals surface area contributed by atoms with E-state index >= 15 is 0 Å². The Morgan fingerprint density at radius 1 is 1.52 bits per heavy atom. The number of thiophene rings is 1. The van der Waals surface area contributed by atoms with Crippen LogP contribution in [-0.4, -0.2) is 10.9 Å². The van der Waals surface area contributed by atoms with E-state index in [0.717, 1.165) is 5.56 Å². The van der Waals surface area contributed by atoms with Gasteiger partial charge in [-0.15, -0.1) is 17.9 Å². The molecule has 0 saturated carbocycles. The van der Waals surface area contributed by atoms with Crippen LogP contribution in [0.4, 0.5) is 0 Å². The van der Waals surface area contributed by atoms with E-state index in [1.807, 2.05) is 18.4 Å². The average Bonchev–Trinajstić information content (AvgIpc) is 3.11. The molecule has 3 rings (SSSR count). The average molecular weight is 298 g/mol. The van der Waals surface area contributed by atoms with E-state index in [2.05, 4.69) is 6.58 Å². The van der Waals surface area contributed by atoms with Gasteiger partial charge in [0.1, 0.15) is 11.3 Å². The molecule has 1 aromatic carbocycles. The number of carbonyl (C=O) groups excluding carboxylic acids is 1. The highest BCUT2D eigenvalue weighted by Gasteiger charge is 2.21. The molecule has 0 aliphatic carbocycles. The maximum Gasteiger partial charge on any atom is 0.206 e. The fourth-order valence-electron chi connectivity index (χ4n) is 2.43. The molecule has 0 fully saturated rings. The van der Waals surface area contributed by atoms with Crippen LogP contribution in [0.15, 0.2) is 46.9 Å².